The molecule has 0 spiro atoms. The summed E-state index contributed by atoms with van der Waals surface area (Å²) in [6.07, 6.45) is 8.68. The number of fused-ring (bicyclic) bond motifs is 3. The van der Waals surface area contributed by atoms with Gasteiger partial charge in [-0.05, 0) is 28.4 Å². The molecule has 1 heteroatoms. The summed E-state index contributed by atoms with van der Waals surface area (Å²) >= 11 is 1.46. The van der Waals surface area contributed by atoms with Gasteiger partial charge < -0.3 is 7.43 Å². The number of benzene rings is 3. The molecule has 0 amide bonds. The van der Waals surface area contributed by atoms with Gasteiger partial charge in [0, 0.05) is 0 Å². The average molecular weight is 609 g/mol. The molecule has 0 bridgehead atoms. The van der Waals surface area contributed by atoms with E-state index in [1.165, 1.54) is 68.8 Å². The van der Waals surface area contributed by atoms with Gasteiger partial charge in [-0.15, -0.1) is 11.1 Å². The normalized spacial score (nSPS) is 15.3. The van der Waals surface area contributed by atoms with Gasteiger partial charge in [-0.1, -0.05) is 104 Å². The third-order valence-corrected chi connectivity index (χ3v) is 8.05. The molecule has 0 aromatic heterocycles. The Morgan fingerprint density at radius 1 is 0.775 bits per heavy atom. The molecule has 0 aliphatic heterocycles. The fourth-order valence-electron chi connectivity index (χ4n) is 4.63. The molecule has 2 aliphatic rings. The Morgan fingerprint density at radius 3 is 1.85 bits per heavy atom. The molecule has 0 radical (unpaired) electrons. The zero-order valence-electron chi connectivity index (χ0n) is 26.8. The van der Waals surface area contributed by atoms with E-state index in [0.29, 0.717) is 11.3 Å². The molecule has 3 aromatic rings. The van der Waals surface area contributed by atoms with Crippen molar-refractivity contribution in [1.82, 2.24) is 0 Å². The first-order chi connectivity index (χ1) is 18.1. The second-order valence-corrected chi connectivity index (χ2v) is 14.5. The van der Waals surface area contributed by atoms with Crippen molar-refractivity contribution in [1.29, 1.82) is 0 Å². The molecule has 2 aliphatic carbocycles. The molecule has 0 heterocycles. The van der Waals surface area contributed by atoms with Gasteiger partial charge in [-0.3, -0.25) is 6.08 Å². The predicted molar refractivity (Wildman–Crippen MR) is 173 cm³/mol. The van der Waals surface area contributed by atoms with Crippen LogP contribution >= 0.6 is 0 Å². The molecular formula is C39H49Zr-3. The van der Waals surface area contributed by atoms with Crippen LogP contribution in [-0.4, -0.2) is 3.71 Å². The zero-order valence-corrected chi connectivity index (χ0v) is 29.2. The predicted octanol–water partition coefficient (Wildman–Crippen LogP) is 10.5. The van der Waals surface area contributed by atoms with Crippen molar-refractivity contribution in [2.75, 3.05) is 0 Å². The quantitative estimate of drug-likeness (QED) is 0.189. The summed E-state index contributed by atoms with van der Waals surface area (Å²) in [5.74, 6) is 0.522. The molecule has 1 atom stereocenters. The number of rotatable bonds is 1. The molecule has 0 fully saturated rings. The SMILES string of the molecule is CC(C)(C)c1[c-]c2c(cc1)-c1ccc(C(C)(C)C)cc1C2.CC1[C-]=CC(C(C)(C)C)=C1.[CH3-].[Zr]=[CH]c1ccccc1. The summed E-state index contributed by atoms with van der Waals surface area (Å²) < 4.78 is 2.17. The number of hydrogen-bond donors (Lipinski definition) is 0. The van der Waals surface area contributed by atoms with Gasteiger partial charge in [0.2, 0.25) is 0 Å². The maximum absolute atomic E-state index is 3.67. The van der Waals surface area contributed by atoms with Crippen LogP contribution in [0.15, 0.2) is 78.4 Å². The van der Waals surface area contributed by atoms with Crippen LogP contribution < -0.4 is 0 Å². The van der Waals surface area contributed by atoms with E-state index >= 15 is 0 Å². The third kappa shape index (κ3) is 9.21. The standard InChI is InChI=1S/C21H25.C10H15.C7H6.CH3.Zr/c1-20(2,3)16-7-9-18-14(12-16)11-15-13-17(21(4,5)6)8-10-19(15)18;1-8-5-6-9(7-8)10(2,3)4;1-7-5-3-2-4-6-7;;/h7-10,12H,11H2,1-6H3;6-8H,1-4H3;1-6H;1H3;/q2*-1;;-1;. The van der Waals surface area contributed by atoms with Crippen molar-refractivity contribution < 1.29 is 24.2 Å². The van der Waals surface area contributed by atoms with Gasteiger partial charge in [0.15, 0.2) is 0 Å². The van der Waals surface area contributed by atoms with Crippen LogP contribution in [0.1, 0.15) is 97.1 Å². The fourth-order valence-corrected chi connectivity index (χ4v) is 5.10. The minimum absolute atomic E-state index is 0. The van der Waals surface area contributed by atoms with Crippen LogP contribution in [0.3, 0.4) is 0 Å². The van der Waals surface area contributed by atoms with E-state index in [4.69, 9.17) is 0 Å². The Bertz CT molecular complexity index is 1270. The van der Waals surface area contributed by atoms with Gasteiger partial charge in [0.05, 0.1) is 0 Å². The van der Waals surface area contributed by atoms with Crippen LogP contribution in [0.4, 0.5) is 0 Å². The van der Waals surface area contributed by atoms with E-state index in [1.807, 2.05) is 6.07 Å². The van der Waals surface area contributed by atoms with E-state index in [-0.39, 0.29) is 18.3 Å². The van der Waals surface area contributed by atoms with Crippen LogP contribution in [0.5, 0.6) is 0 Å². The van der Waals surface area contributed by atoms with Gasteiger partial charge in [0.1, 0.15) is 0 Å². The first kappa shape index (κ1) is 34.1. The van der Waals surface area contributed by atoms with E-state index in [0.717, 1.165) is 6.42 Å². The maximum atomic E-state index is 3.67. The Morgan fingerprint density at radius 2 is 1.40 bits per heavy atom. The van der Waals surface area contributed by atoms with E-state index in [1.54, 1.807) is 0 Å². The van der Waals surface area contributed by atoms with Crippen molar-refractivity contribution in [3.63, 3.8) is 0 Å². The zero-order chi connectivity index (χ0) is 29.0. The summed E-state index contributed by atoms with van der Waals surface area (Å²) in [6, 6.07) is 25.5. The van der Waals surface area contributed by atoms with E-state index < -0.39 is 0 Å². The molecule has 3 aromatic carbocycles. The van der Waals surface area contributed by atoms with Crippen LogP contribution in [0.25, 0.3) is 11.1 Å². The minimum atomic E-state index is 0. The van der Waals surface area contributed by atoms with Crippen molar-refractivity contribution in [2.45, 2.75) is 86.5 Å². The Kier molecular flexibility index (Phi) is 11.7. The van der Waals surface area contributed by atoms with Gasteiger partial charge in [-0.2, -0.15) is 35.4 Å². The Labute approximate surface area is 261 Å². The number of allylic oxidation sites excluding steroid dienone is 4. The Hall–Kier alpha value is -2.11. The summed E-state index contributed by atoms with van der Waals surface area (Å²) in [6.45, 7) is 22.5. The van der Waals surface area contributed by atoms with E-state index in [9.17, 15) is 0 Å². The van der Waals surface area contributed by atoms with Gasteiger partial charge in [-0.25, -0.2) is 6.08 Å². The Balaban J connectivity index is 0.000000245. The molecular weight excluding hydrogens is 560 g/mol. The van der Waals surface area contributed by atoms with Gasteiger partial charge in [0.25, 0.3) is 0 Å². The summed E-state index contributed by atoms with van der Waals surface area (Å²) in [4.78, 5) is 0. The molecule has 40 heavy (non-hydrogen) atoms. The van der Waals surface area contributed by atoms with Crippen molar-refractivity contribution in [3.8, 4) is 11.1 Å². The molecule has 1 unspecified atom stereocenters. The molecule has 5 rings (SSSR count). The van der Waals surface area contributed by atoms with Crippen LogP contribution in [0.2, 0.25) is 0 Å². The number of hydrogen-bond acceptors (Lipinski definition) is 0. The second kappa shape index (κ2) is 13.7. The second-order valence-electron chi connectivity index (χ2n) is 13.8. The van der Waals surface area contributed by atoms with Crippen LogP contribution in [-0.2, 0) is 41.5 Å². The van der Waals surface area contributed by atoms with Gasteiger partial charge >= 0.3 is 63.8 Å². The average Bonchev–Trinajstić information content (AvgIpc) is 3.47. The summed E-state index contributed by atoms with van der Waals surface area (Å²) in [5.41, 5.74) is 11.7. The monoisotopic (exact) mass is 607 g/mol. The molecule has 0 saturated heterocycles. The topological polar surface area (TPSA) is 0 Å². The van der Waals surface area contributed by atoms with E-state index in [2.05, 4.69) is 152 Å². The molecule has 212 valence electrons. The van der Waals surface area contributed by atoms with Crippen molar-refractivity contribution in [3.05, 3.63) is 126 Å². The molecule has 0 nitrogen and oxygen atoms in total. The molecule has 0 N–H and O–H groups in total. The van der Waals surface area contributed by atoms with Crippen LogP contribution in [0, 0.1) is 30.9 Å². The van der Waals surface area contributed by atoms with Crippen molar-refractivity contribution in [2.24, 2.45) is 11.3 Å². The first-order valence-corrected chi connectivity index (χ1v) is 15.6. The fraction of sp³-hybridized carbons (Fsp3) is 0.385. The van der Waals surface area contributed by atoms with Crippen molar-refractivity contribution >= 4 is 3.71 Å². The summed E-state index contributed by atoms with van der Waals surface area (Å²) in [7, 11) is 0. The summed E-state index contributed by atoms with van der Waals surface area (Å²) in [5, 5.41) is 0. The molecule has 0 saturated carbocycles. The first-order valence-electron chi connectivity index (χ1n) is 14.2. The third-order valence-electron chi connectivity index (χ3n) is 7.23.